The first-order valence-corrected chi connectivity index (χ1v) is 9.23. The standard InChI is InChI=1S/C21H23N3O2/c25-20(18-10-9-16-5-4-6-17(16)15-18)23-11-13-24(14-12-23)21(26)22-19-7-2-1-3-8-19/h1-3,7-10,15H,4-6,11-14H2,(H,22,26). The summed E-state index contributed by atoms with van der Waals surface area (Å²) in [6.45, 7) is 2.24. The van der Waals surface area contributed by atoms with Crippen LogP contribution in [-0.4, -0.2) is 47.9 Å². The van der Waals surface area contributed by atoms with Crippen LogP contribution in [0.4, 0.5) is 10.5 Å². The third-order valence-electron chi connectivity index (χ3n) is 5.22. The van der Waals surface area contributed by atoms with E-state index in [9.17, 15) is 9.59 Å². The predicted octanol–water partition coefficient (Wildman–Crippen LogP) is 3.17. The summed E-state index contributed by atoms with van der Waals surface area (Å²) >= 11 is 0. The molecule has 0 saturated carbocycles. The third kappa shape index (κ3) is 3.43. The van der Waals surface area contributed by atoms with Gasteiger partial charge in [-0.3, -0.25) is 4.79 Å². The smallest absolute Gasteiger partial charge is 0.321 e. The molecule has 0 atom stereocenters. The second-order valence-corrected chi connectivity index (χ2v) is 6.91. The van der Waals surface area contributed by atoms with Crippen LogP contribution >= 0.6 is 0 Å². The minimum Gasteiger partial charge on any atom is -0.335 e. The number of anilines is 1. The molecule has 1 aliphatic carbocycles. The van der Waals surface area contributed by atoms with Gasteiger partial charge in [-0.15, -0.1) is 0 Å². The third-order valence-corrected chi connectivity index (χ3v) is 5.22. The molecule has 1 fully saturated rings. The van der Waals surface area contributed by atoms with Gasteiger partial charge in [0.2, 0.25) is 0 Å². The molecular weight excluding hydrogens is 326 g/mol. The summed E-state index contributed by atoms with van der Waals surface area (Å²) in [5, 5.41) is 2.90. The van der Waals surface area contributed by atoms with Gasteiger partial charge >= 0.3 is 6.03 Å². The Labute approximate surface area is 153 Å². The fourth-order valence-electron chi connectivity index (χ4n) is 3.72. The molecule has 2 aromatic rings. The van der Waals surface area contributed by atoms with E-state index in [0.29, 0.717) is 26.2 Å². The number of hydrogen-bond acceptors (Lipinski definition) is 2. The Hall–Kier alpha value is -2.82. The molecule has 4 rings (SSSR count). The Kier molecular flexibility index (Phi) is 4.61. The van der Waals surface area contributed by atoms with Crippen molar-refractivity contribution >= 4 is 17.6 Å². The summed E-state index contributed by atoms with van der Waals surface area (Å²) in [5.74, 6) is 0.0721. The van der Waals surface area contributed by atoms with Crippen LogP contribution in [0.1, 0.15) is 27.9 Å². The zero-order chi connectivity index (χ0) is 17.9. The highest BCUT2D eigenvalue weighted by Gasteiger charge is 2.25. The van der Waals surface area contributed by atoms with Gasteiger partial charge in [0.1, 0.15) is 0 Å². The zero-order valence-electron chi connectivity index (χ0n) is 14.8. The maximum Gasteiger partial charge on any atom is 0.321 e. The van der Waals surface area contributed by atoms with E-state index in [-0.39, 0.29) is 11.9 Å². The van der Waals surface area contributed by atoms with Crippen LogP contribution in [0.15, 0.2) is 48.5 Å². The number of rotatable bonds is 2. The van der Waals surface area contributed by atoms with Crippen molar-refractivity contribution in [2.45, 2.75) is 19.3 Å². The van der Waals surface area contributed by atoms with E-state index in [1.165, 1.54) is 17.5 Å². The molecule has 1 aliphatic heterocycles. The van der Waals surface area contributed by atoms with Crippen LogP contribution in [0, 0.1) is 0 Å². The van der Waals surface area contributed by atoms with Gasteiger partial charge in [0.05, 0.1) is 0 Å². The zero-order valence-corrected chi connectivity index (χ0v) is 14.8. The molecule has 0 aromatic heterocycles. The van der Waals surface area contributed by atoms with E-state index in [1.807, 2.05) is 41.3 Å². The number of para-hydroxylation sites is 1. The van der Waals surface area contributed by atoms with Gasteiger partial charge in [-0.2, -0.15) is 0 Å². The molecule has 0 radical (unpaired) electrons. The van der Waals surface area contributed by atoms with Crippen LogP contribution in [0.25, 0.3) is 0 Å². The highest BCUT2D eigenvalue weighted by atomic mass is 16.2. The normalized spacial score (nSPS) is 16.3. The highest BCUT2D eigenvalue weighted by molar-refractivity contribution is 5.95. The van der Waals surface area contributed by atoms with Crippen LogP contribution in [0.3, 0.4) is 0 Å². The van der Waals surface area contributed by atoms with Gasteiger partial charge < -0.3 is 15.1 Å². The monoisotopic (exact) mass is 349 g/mol. The Balaban J connectivity index is 1.34. The number of carbonyl (C=O) groups excluding carboxylic acids is 2. The van der Waals surface area contributed by atoms with E-state index in [1.54, 1.807) is 4.90 Å². The summed E-state index contributed by atoms with van der Waals surface area (Å²) in [6, 6.07) is 15.4. The summed E-state index contributed by atoms with van der Waals surface area (Å²) in [4.78, 5) is 28.7. The lowest BCUT2D eigenvalue weighted by molar-refractivity contribution is 0.0671. The molecule has 1 heterocycles. The van der Waals surface area contributed by atoms with Crippen LogP contribution in [0.2, 0.25) is 0 Å². The molecule has 1 saturated heterocycles. The number of piperazine rings is 1. The SMILES string of the molecule is O=C(Nc1ccccc1)N1CCN(C(=O)c2ccc3c(c2)CCC3)CC1. The highest BCUT2D eigenvalue weighted by Crippen LogP contribution is 2.23. The van der Waals surface area contributed by atoms with Gasteiger partial charge in [0, 0.05) is 37.4 Å². The van der Waals surface area contributed by atoms with Crippen molar-refractivity contribution in [3.8, 4) is 0 Å². The largest absolute Gasteiger partial charge is 0.335 e. The first-order valence-electron chi connectivity index (χ1n) is 9.23. The first-order chi connectivity index (χ1) is 12.7. The van der Waals surface area contributed by atoms with Crippen molar-refractivity contribution in [1.82, 2.24) is 9.80 Å². The van der Waals surface area contributed by atoms with Crippen LogP contribution < -0.4 is 5.32 Å². The number of nitrogens with zero attached hydrogens (tertiary/aromatic N) is 2. The molecule has 0 bridgehead atoms. The molecule has 134 valence electrons. The molecule has 26 heavy (non-hydrogen) atoms. The average Bonchev–Trinajstić information content (AvgIpc) is 3.16. The van der Waals surface area contributed by atoms with Crippen LogP contribution in [-0.2, 0) is 12.8 Å². The minimum atomic E-state index is -0.110. The summed E-state index contributed by atoms with van der Waals surface area (Å²) in [5.41, 5.74) is 4.25. The summed E-state index contributed by atoms with van der Waals surface area (Å²) < 4.78 is 0. The fraction of sp³-hybridized carbons (Fsp3) is 0.333. The lowest BCUT2D eigenvalue weighted by atomic mass is 10.1. The Morgan fingerprint density at radius 1 is 0.808 bits per heavy atom. The molecule has 5 nitrogen and oxygen atoms in total. The van der Waals surface area contributed by atoms with Gasteiger partial charge in [-0.05, 0) is 54.7 Å². The number of nitrogens with one attached hydrogen (secondary N) is 1. The van der Waals surface area contributed by atoms with Crippen molar-refractivity contribution in [2.75, 3.05) is 31.5 Å². The number of benzene rings is 2. The van der Waals surface area contributed by atoms with Gasteiger partial charge in [-0.25, -0.2) is 4.79 Å². The second kappa shape index (κ2) is 7.20. The maximum absolute atomic E-state index is 12.8. The number of aryl methyl sites for hydroxylation is 2. The van der Waals surface area contributed by atoms with Gasteiger partial charge in [0.25, 0.3) is 5.91 Å². The number of fused-ring (bicyclic) bond motifs is 1. The molecule has 0 unspecified atom stereocenters. The van der Waals surface area contributed by atoms with Crippen molar-refractivity contribution in [3.63, 3.8) is 0 Å². The van der Waals surface area contributed by atoms with E-state index in [2.05, 4.69) is 17.4 Å². The van der Waals surface area contributed by atoms with Crippen molar-refractivity contribution < 1.29 is 9.59 Å². The van der Waals surface area contributed by atoms with Crippen LogP contribution in [0.5, 0.6) is 0 Å². The van der Waals surface area contributed by atoms with E-state index >= 15 is 0 Å². The lowest BCUT2D eigenvalue weighted by Gasteiger charge is -2.34. The van der Waals surface area contributed by atoms with E-state index < -0.39 is 0 Å². The fourth-order valence-corrected chi connectivity index (χ4v) is 3.72. The first kappa shape index (κ1) is 16.6. The Morgan fingerprint density at radius 3 is 2.27 bits per heavy atom. The molecule has 3 amide bonds. The molecule has 5 heteroatoms. The minimum absolute atomic E-state index is 0.0721. The number of hydrogen-bond donors (Lipinski definition) is 1. The lowest BCUT2D eigenvalue weighted by Crippen LogP contribution is -2.51. The molecular formula is C21H23N3O2. The number of carbonyl (C=O) groups is 2. The Bertz CT molecular complexity index is 811. The van der Waals surface area contributed by atoms with Crippen molar-refractivity contribution in [1.29, 1.82) is 0 Å². The predicted molar refractivity (Wildman–Crippen MR) is 101 cm³/mol. The molecule has 2 aliphatic rings. The number of urea groups is 1. The molecule has 0 spiro atoms. The summed E-state index contributed by atoms with van der Waals surface area (Å²) in [7, 11) is 0. The van der Waals surface area contributed by atoms with E-state index in [4.69, 9.17) is 0 Å². The van der Waals surface area contributed by atoms with Crippen molar-refractivity contribution in [2.24, 2.45) is 0 Å². The second-order valence-electron chi connectivity index (χ2n) is 6.91. The topological polar surface area (TPSA) is 52.7 Å². The Morgan fingerprint density at radius 2 is 1.50 bits per heavy atom. The van der Waals surface area contributed by atoms with Gasteiger partial charge in [0.15, 0.2) is 0 Å². The van der Waals surface area contributed by atoms with Gasteiger partial charge in [-0.1, -0.05) is 24.3 Å². The summed E-state index contributed by atoms with van der Waals surface area (Å²) in [6.07, 6.45) is 3.38. The average molecular weight is 349 g/mol. The van der Waals surface area contributed by atoms with E-state index in [0.717, 1.165) is 24.1 Å². The maximum atomic E-state index is 12.8. The molecule has 2 aromatic carbocycles. The molecule has 1 N–H and O–H groups in total. The van der Waals surface area contributed by atoms with Crippen molar-refractivity contribution in [3.05, 3.63) is 65.2 Å². The quantitative estimate of drug-likeness (QED) is 0.905. The number of amides is 3.